The fourth-order valence-electron chi connectivity index (χ4n) is 2.02. The first kappa shape index (κ1) is 13.8. The Bertz CT molecular complexity index is 420. The first-order valence-electron chi connectivity index (χ1n) is 6.09. The lowest BCUT2D eigenvalue weighted by atomic mass is 10.1. The van der Waals surface area contributed by atoms with Gasteiger partial charge in [0.25, 0.3) is 0 Å². The van der Waals surface area contributed by atoms with Crippen molar-refractivity contribution in [3.8, 4) is 5.75 Å². The molecule has 100 valence electrons. The van der Waals surface area contributed by atoms with Crippen LogP contribution in [0.3, 0.4) is 0 Å². The van der Waals surface area contributed by atoms with Gasteiger partial charge in [0.2, 0.25) is 0 Å². The number of rotatable bonds is 3. The quantitative estimate of drug-likeness (QED) is 0.853. The van der Waals surface area contributed by atoms with Gasteiger partial charge in [-0.3, -0.25) is 0 Å². The maximum Gasteiger partial charge on any atom is 0.163 e. The third-order valence-corrected chi connectivity index (χ3v) is 4.16. The third-order valence-electron chi connectivity index (χ3n) is 2.91. The molecule has 2 rings (SSSR count). The highest BCUT2D eigenvalue weighted by atomic mass is 79.9. The largest absolute Gasteiger partial charge is 0.491 e. The summed E-state index contributed by atoms with van der Waals surface area (Å²) < 4.78 is 18.1. The molecule has 3 nitrogen and oxygen atoms in total. The van der Waals surface area contributed by atoms with Crippen LogP contribution >= 0.6 is 15.9 Å². The summed E-state index contributed by atoms with van der Waals surface area (Å²) in [5.41, 5.74) is 2.35. The Kier molecular flexibility index (Phi) is 3.99. The molecule has 1 atom stereocenters. The van der Waals surface area contributed by atoms with Crippen LogP contribution in [0.4, 0.5) is 0 Å². The number of benzene rings is 1. The van der Waals surface area contributed by atoms with Crippen molar-refractivity contribution in [2.45, 2.75) is 39.6 Å². The maximum atomic E-state index is 5.77. The normalized spacial score (nSPS) is 22.2. The summed E-state index contributed by atoms with van der Waals surface area (Å²) in [6.45, 7) is 9.05. The van der Waals surface area contributed by atoms with Gasteiger partial charge in [-0.15, -0.1) is 0 Å². The average Bonchev–Trinajstić information content (AvgIpc) is 2.63. The van der Waals surface area contributed by atoms with E-state index in [1.54, 1.807) is 0 Å². The van der Waals surface area contributed by atoms with E-state index in [0.717, 1.165) is 10.2 Å². The molecular weight excluding hydrogens is 296 g/mol. The van der Waals surface area contributed by atoms with Crippen LogP contribution in [-0.2, 0) is 9.47 Å². The van der Waals surface area contributed by atoms with E-state index in [1.165, 1.54) is 11.1 Å². The summed E-state index contributed by atoms with van der Waals surface area (Å²) >= 11 is 3.55. The molecular formula is C14H19BrO3. The van der Waals surface area contributed by atoms with E-state index < -0.39 is 5.79 Å². The molecule has 0 radical (unpaired) electrons. The molecule has 4 heteroatoms. The van der Waals surface area contributed by atoms with E-state index in [1.807, 2.05) is 26.0 Å². The van der Waals surface area contributed by atoms with Gasteiger partial charge in [0.15, 0.2) is 5.79 Å². The lowest BCUT2D eigenvalue weighted by molar-refractivity contribution is -0.141. The first-order valence-corrected chi connectivity index (χ1v) is 6.88. The van der Waals surface area contributed by atoms with Crippen molar-refractivity contribution in [3.05, 3.63) is 27.7 Å². The fourth-order valence-corrected chi connectivity index (χ4v) is 2.25. The van der Waals surface area contributed by atoms with Crippen LogP contribution in [0.2, 0.25) is 0 Å². The zero-order chi connectivity index (χ0) is 13.3. The molecule has 1 aliphatic heterocycles. The van der Waals surface area contributed by atoms with Gasteiger partial charge in [0.05, 0.1) is 6.61 Å². The van der Waals surface area contributed by atoms with Crippen LogP contribution in [0.15, 0.2) is 16.6 Å². The standard InChI is InChI=1S/C14H19BrO3/c1-9-5-11(6-10(2)13(9)15)16-7-12-8-17-14(3,4)18-12/h5-6,12H,7-8H2,1-4H3/t12-/m1/s1. The minimum atomic E-state index is -0.487. The number of halogens is 1. The first-order chi connectivity index (χ1) is 8.37. The predicted molar refractivity (Wildman–Crippen MR) is 74.0 cm³/mol. The van der Waals surface area contributed by atoms with E-state index in [9.17, 15) is 0 Å². The number of aryl methyl sites for hydroxylation is 2. The highest BCUT2D eigenvalue weighted by Crippen LogP contribution is 2.27. The average molecular weight is 315 g/mol. The molecule has 0 N–H and O–H groups in total. The van der Waals surface area contributed by atoms with Crippen molar-refractivity contribution < 1.29 is 14.2 Å². The van der Waals surface area contributed by atoms with Crippen molar-refractivity contribution in [1.29, 1.82) is 0 Å². The Hall–Kier alpha value is -0.580. The second kappa shape index (κ2) is 5.19. The summed E-state index contributed by atoms with van der Waals surface area (Å²) in [4.78, 5) is 0. The number of hydrogen-bond acceptors (Lipinski definition) is 3. The molecule has 1 aromatic rings. The molecule has 0 amide bonds. The van der Waals surface area contributed by atoms with Gasteiger partial charge in [0.1, 0.15) is 18.5 Å². The summed E-state index contributed by atoms with van der Waals surface area (Å²) in [5, 5.41) is 0. The second-order valence-corrected chi connectivity index (χ2v) is 5.93. The molecule has 0 aromatic heterocycles. The van der Waals surface area contributed by atoms with E-state index in [4.69, 9.17) is 14.2 Å². The summed E-state index contributed by atoms with van der Waals surface area (Å²) in [7, 11) is 0. The number of hydrogen-bond donors (Lipinski definition) is 0. The molecule has 1 aromatic carbocycles. The Labute approximate surface area is 117 Å². The molecule has 1 heterocycles. The van der Waals surface area contributed by atoms with Crippen molar-refractivity contribution in [3.63, 3.8) is 0 Å². The SMILES string of the molecule is Cc1cc(OC[C@@H]2COC(C)(C)O2)cc(C)c1Br. The molecule has 0 saturated carbocycles. The fraction of sp³-hybridized carbons (Fsp3) is 0.571. The molecule has 1 aliphatic rings. The third kappa shape index (κ3) is 3.25. The smallest absolute Gasteiger partial charge is 0.163 e. The van der Waals surface area contributed by atoms with Crippen LogP contribution in [0.1, 0.15) is 25.0 Å². The Morgan fingerprint density at radius 2 is 1.94 bits per heavy atom. The molecule has 0 aliphatic carbocycles. The molecule has 0 unspecified atom stereocenters. The zero-order valence-electron chi connectivity index (χ0n) is 11.2. The summed E-state index contributed by atoms with van der Waals surface area (Å²) in [5.74, 6) is 0.390. The topological polar surface area (TPSA) is 27.7 Å². The minimum Gasteiger partial charge on any atom is -0.491 e. The van der Waals surface area contributed by atoms with Gasteiger partial charge in [-0.25, -0.2) is 0 Å². The Morgan fingerprint density at radius 1 is 1.33 bits per heavy atom. The van der Waals surface area contributed by atoms with Gasteiger partial charge in [-0.2, -0.15) is 0 Å². The highest BCUT2D eigenvalue weighted by molar-refractivity contribution is 9.10. The van der Waals surface area contributed by atoms with Crippen LogP contribution in [0, 0.1) is 13.8 Å². The van der Waals surface area contributed by atoms with Gasteiger partial charge in [0, 0.05) is 4.47 Å². The number of ether oxygens (including phenoxy) is 3. The molecule has 18 heavy (non-hydrogen) atoms. The van der Waals surface area contributed by atoms with Crippen molar-refractivity contribution in [1.82, 2.24) is 0 Å². The van der Waals surface area contributed by atoms with Gasteiger partial charge in [-0.1, -0.05) is 15.9 Å². The Balaban J connectivity index is 1.95. The summed E-state index contributed by atoms with van der Waals surface area (Å²) in [6.07, 6.45) is 0.00394. The molecule has 0 spiro atoms. The van der Waals surface area contributed by atoms with Crippen molar-refractivity contribution in [2.75, 3.05) is 13.2 Å². The van der Waals surface area contributed by atoms with E-state index in [2.05, 4.69) is 29.8 Å². The van der Waals surface area contributed by atoms with Gasteiger partial charge in [-0.05, 0) is 51.0 Å². The van der Waals surface area contributed by atoms with E-state index in [0.29, 0.717) is 13.2 Å². The minimum absolute atomic E-state index is 0.00394. The van der Waals surface area contributed by atoms with E-state index in [-0.39, 0.29) is 6.10 Å². The van der Waals surface area contributed by atoms with Crippen molar-refractivity contribution in [2.24, 2.45) is 0 Å². The Morgan fingerprint density at radius 3 is 2.44 bits per heavy atom. The van der Waals surface area contributed by atoms with Crippen molar-refractivity contribution >= 4 is 15.9 Å². The van der Waals surface area contributed by atoms with Gasteiger partial charge >= 0.3 is 0 Å². The second-order valence-electron chi connectivity index (χ2n) is 5.13. The maximum absolute atomic E-state index is 5.77. The van der Waals surface area contributed by atoms with Crippen LogP contribution < -0.4 is 4.74 Å². The zero-order valence-corrected chi connectivity index (χ0v) is 12.8. The molecule has 1 saturated heterocycles. The monoisotopic (exact) mass is 314 g/mol. The van der Waals surface area contributed by atoms with E-state index >= 15 is 0 Å². The molecule has 1 fully saturated rings. The van der Waals surface area contributed by atoms with Crippen LogP contribution in [0.25, 0.3) is 0 Å². The predicted octanol–water partition coefficient (Wildman–Crippen LogP) is 3.60. The lowest BCUT2D eigenvalue weighted by Gasteiger charge is -2.17. The van der Waals surface area contributed by atoms with Crippen LogP contribution in [-0.4, -0.2) is 25.1 Å². The van der Waals surface area contributed by atoms with Gasteiger partial charge < -0.3 is 14.2 Å². The van der Waals surface area contributed by atoms with Crippen LogP contribution in [0.5, 0.6) is 5.75 Å². The summed E-state index contributed by atoms with van der Waals surface area (Å²) in [6, 6.07) is 4.05. The highest BCUT2D eigenvalue weighted by Gasteiger charge is 2.32. The lowest BCUT2D eigenvalue weighted by Crippen LogP contribution is -2.25. The molecule has 0 bridgehead atoms.